The highest BCUT2D eigenvalue weighted by atomic mass is 19.1. The maximum Gasteiger partial charge on any atom is 0.125 e. The predicted molar refractivity (Wildman–Crippen MR) is 81.1 cm³/mol. The van der Waals surface area contributed by atoms with Crippen molar-refractivity contribution in [2.45, 2.75) is 53.1 Å². The minimum Gasteiger partial charge on any atom is -0.328 e. The number of rotatable bonds is 4. The van der Waals surface area contributed by atoms with Crippen molar-refractivity contribution < 1.29 is 4.39 Å². The van der Waals surface area contributed by atoms with Gasteiger partial charge in [-0.1, -0.05) is 27.7 Å². The van der Waals surface area contributed by atoms with Crippen LogP contribution < -0.4 is 5.73 Å². The third-order valence-corrected chi connectivity index (χ3v) is 3.75. The quantitative estimate of drug-likeness (QED) is 0.929. The molecule has 0 aliphatic heterocycles. The molecule has 0 bridgehead atoms. The van der Waals surface area contributed by atoms with Gasteiger partial charge in [-0.2, -0.15) is 0 Å². The van der Waals surface area contributed by atoms with Gasteiger partial charge in [0.25, 0.3) is 0 Å². The molecule has 1 aromatic heterocycles. The van der Waals surface area contributed by atoms with Crippen LogP contribution in [-0.4, -0.2) is 15.6 Å². The SMILES string of the molecule is CCCn1c(CC(N)C(C)(C)C)nc2ccc(F)cc21. The molecule has 0 saturated heterocycles. The molecule has 0 aliphatic carbocycles. The Morgan fingerprint density at radius 2 is 2.05 bits per heavy atom. The lowest BCUT2D eigenvalue weighted by Gasteiger charge is -2.27. The van der Waals surface area contributed by atoms with Gasteiger partial charge in [0.1, 0.15) is 11.6 Å². The third-order valence-electron chi connectivity index (χ3n) is 3.75. The highest BCUT2D eigenvalue weighted by Crippen LogP contribution is 2.24. The fraction of sp³-hybridized carbons (Fsp3) is 0.562. The molecule has 1 unspecified atom stereocenters. The van der Waals surface area contributed by atoms with E-state index in [2.05, 4.69) is 37.2 Å². The van der Waals surface area contributed by atoms with Crippen LogP contribution in [0, 0.1) is 11.2 Å². The number of nitrogens with two attached hydrogens (primary N) is 1. The number of aromatic nitrogens is 2. The first-order chi connectivity index (χ1) is 9.32. The van der Waals surface area contributed by atoms with E-state index in [9.17, 15) is 4.39 Å². The Hall–Kier alpha value is -1.42. The normalized spacial score (nSPS) is 13.9. The Morgan fingerprint density at radius 3 is 2.65 bits per heavy atom. The molecule has 1 atom stereocenters. The smallest absolute Gasteiger partial charge is 0.125 e. The number of nitrogens with zero attached hydrogens (tertiary/aromatic N) is 2. The molecule has 2 rings (SSSR count). The van der Waals surface area contributed by atoms with Crippen LogP contribution in [-0.2, 0) is 13.0 Å². The topological polar surface area (TPSA) is 43.8 Å². The Labute approximate surface area is 120 Å². The lowest BCUT2D eigenvalue weighted by atomic mass is 9.85. The fourth-order valence-electron chi connectivity index (χ4n) is 2.28. The van der Waals surface area contributed by atoms with Gasteiger partial charge < -0.3 is 10.3 Å². The van der Waals surface area contributed by atoms with Crippen molar-refractivity contribution in [2.24, 2.45) is 11.1 Å². The van der Waals surface area contributed by atoms with E-state index in [1.54, 1.807) is 12.1 Å². The van der Waals surface area contributed by atoms with E-state index < -0.39 is 0 Å². The van der Waals surface area contributed by atoms with Crippen molar-refractivity contribution in [3.8, 4) is 0 Å². The van der Waals surface area contributed by atoms with Crippen molar-refractivity contribution in [2.75, 3.05) is 0 Å². The summed E-state index contributed by atoms with van der Waals surface area (Å²) in [4.78, 5) is 4.64. The van der Waals surface area contributed by atoms with Crippen molar-refractivity contribution in [3.63, 3.8) is 0 Å². The lowest BCUT2D eigenvalue weighted by molar-refractivity contribution is 0.312. The molecule has 0 spiro atoms. The summed E-state index contributed by atoms with van der Waals surface area (Å²) in [6, 6.07) is 4.78. The van der Waals surface area contributed by atoms with Crippen LogP contribution in [0.25, 0.3) is 11.0 Å². The first-order valence-corrected chi connectivity index (χ1v) is 7.23. The number of hydrogen-bond donors (Lipinski definition) is 1. The van der Waals surface area contributed by atoms with Crippen LogP contribution in [0.4, 0.5) is 4.39 Å². The second-order valence-corrected chi connectivity index (χ2v) is 6.49. The molecule has 2 N–H and O–H groups in total. The Bertz CT molecular complexity index is 596. The van der Waals surface area contributed by atoms with Crippen LogP contribution in [0.15, 0.2) is 18.2 Å². The number of fused-ring (bicyclic) bond motifs is 1. The molecule has 3 nitrogen and oxygen atoms in total. The van der Waals surface area contributed by atoms with E-state index in [0.717, 1.165) is 29.8 Å². The maximum absolute atomic E-state index is 13.5. The summed E-state index contributed by atoms with van der Waals surface area (Å²) in [5.41, 5.74) is 8.01. The van der Waals surface area contributed by atoms with E-state index in [0.29, 0.717) is 6.42 Å². The zero-order valence-electron chi connectivity index (χ0n) is 12.8. The number of aryl methyl sites for hydroxylation is 1. The van der Waals surface area contributed by atoms with Gasteiger partial charge >= 0.3 is 0 Å². The largest absolute Gasteiger partial charge is 0.328 e. The third kappa shape index (κ3) is 3.01. The summed E-state index contributed by atoms with van der Waals surface area (Å²) >= 11 is 0. The summed E-state index contributed by atoms with van der Waals surface area (Å²) in [6.07, 6.45) is 1.69. The second kappa shape index (κ2) is 5.52. The molecule has 0 radical (unpaired) electrons. The van der Waals surface area contributed by atoms with Gasteiger partial charge in [-0.15, -0.1) is 0 Å². The van der Waals surface area contributed by atoms with E-state index in [-0.39, 0.29) is 17.3 Å². The lowest BCUT2D eigenvalue weighted by Crippen LogP contribution is -2.37. The first kappa shape index (κ1) is 15.0. The van der Waals surface area contributed by atoms with E-state index >= 15 is 0 Å². The molecule has 0 saturated carbocycles. The summed E-state index contributed by atoms with van der Waals surface area (Å²) in [6.45, 7) is 9.34. The van der Waals surface area contributed by atoms with E-state index in [1.165, 1.54) is 6.07 Å². The zero-order chi connectivity index (χ0) is 14.9. The van der Waals surface area contributed by atoms with Gasteiger partial charge in [-0.05, 0) is 30.0 Å². The monoisotopic (exact) mass is 277 g/mol. The summed E-state index contributed by atoms with van der Waals surface area (Å²) < 4.78 is 15.6. The van der Waals surface area contributed by atoms with Crippen LogP contribution in [0.2, 0.25) is 0 Å². The molecule has 0 amide bonds. The highest BCUT2D eigenvalue weighted by molar-refractivity contribution is 5.76. The second-order valence-electron chi connectivity index (χ2n) is 6.49. The molecule has 1 aromatic carbocycles. The van der Waals surface area contributed by atoms with Crippen molar-refractivity contribution in [3.05, 3.63) is 29.8 Å². The molecular formula is C16H24FN3. The molecule has 0 aliphatic rings. The first-order valence-electron chi connectivity index (χ1n) is 7.23. The van der Waals surface area contributed by atoms with Gasteiger partial charge in [-0.25, -0.2) is 9.37 Å². The summed E-state index contributed by atoms with van der Waals surface area (Å²) in [5, 5.41) is 0. The average molecular weight is 277 g/mol. The molecule has 4 heteroatoms. The average Bonchev–Trinajstić information content (AvgIpc) is 2.67. The van der Waals surface area contributed by atoms with Crippen LogP contribution in [0.3, 0.4) is 0 Å². The van der Waals surface area contributed by atoms with E-state index in [4.69, 9.17) is 5.73 Å². The number of hydrogen-bond acceptors (Lipinski definition) is 2. The molecule has 2 aromatic rings. The molecule has 1 heterocycles. The van der Waals surface area contributed by atoms with Gasteiger partial charge in [0, 0.05) is 19.0 Å². The van der Waals surface area contributed by atoms with E-state index in [1.807, 2.05) is 0 Å². The van der Waals surface area contributed by atoms with Gasteiger partial charge in [-0.3, -0.25) is 0 Å². The summed E-state index contributed by atoms with van der Waals surface area (Å²) in [7, 11) is 0. The molecule has 0 fully saturated rings. The van der Waals surface area contributed by atoms with Crippen molar-refractivity contribution in [1.29, 1.82) is 0 Å². The molecule has 110 valence electrons. The highest BCUT2D eigenvalue weighted by Gasteiger charge is 2.23. The van der Waals surface area contributed by atoms with Crippen LogP contribution in [0.5, 0.6) is 0 Å². The van der Waals surface area contributed by atoms with Crippen molar-refractivity contribution in [1.82, 2.24) is 9.55 Å². The zero-order valence-corrected chi connectivity index (χ0v) is 12.8. The Kier molecular flexibility index (Phi) is 4.14. The minimum absolute atomic E-state index is 0.0276. The van der Waals surface area contributed by atoms with Gasteiger partial charge in [0.15, 0.2) is 0 Å². The number of imidazole rings is 1. The number of benzene rings is 1. The molecular weight excluding hydrogens is 253 g/mol. The Morgan fingerprint density at radius 1 is 1.35 bits per heavy atom. The Balaban J connectivity index is 2.44. The number of halogens is 1. The van der Waals surface area contributed by atoms with Gasteiger partial charge in [0.2, 0.25) is 0 Å². The molecule has 20 heavy (non-hydrogen) atoms. The predicted octanol–water partition coefficient (Wildman–Crippen LogP) is 3.50. The standard InChI is InChI=1S/C16H24FN3/c1-5-8-20-13-9-11(17)6-7-12(13)19-15(20)10-14(18)16(2,3)4/h6-7,9,14H,5,8,10,18H2,1-4H3. The van der Waals surface area contributed by atoms with Gasteiger partial charge in [0.05, 0.1) is 11.0 Å². The van der Waals surface area contributed by atoms with Crippen LogP contribution in [0.1, 0.15) is 39.9 Å². The maximum atomic E-state index is 13.5. The minimum atomic E-state index is -0.221. The van der Waals surface area contributed by atoms with Crippen molar-refractivity contribution >= 4 is 11.0 Å². The fourth-order valence-corrected chi connectivity index (χ4v) is 2.28. The van der Waals surface area contributed by atoms with Crippen LogP contribution >= 0.6 is 0 Å². The summed E-state index contributed by atoms with van der Waals surface area (Å²) in [5.74, 6) is 0.733.